The molecule has 3 fully saturated rings. The van der Waals surface area contributed by atoms with Gasteiger partial charge in [-0.25, -0.2) is 0 Å². The van der Waals surface area contributed by atoms with Crippen molar-refractivity contribution in [3.8, 4) is 0 Å². The van der Waals surface area contributed by atoms with Crippen molar-refractivity contribution in [2.24, 2.45) is 11.8 Å². The predicted octanol–water partition coefficient (Wildman–Crippen LogP) is 4.04. The second kappa shape index (κ2) is 5.42. The molecule has 2 nitrogen and oxygen atoms in total. The van der Waals surface area contributed by atoms with E-state index < -0.39 is 0 Å². The quantitative estimate of drug-likeness (QED) is 0.902. The Labute approximate surface area is 136 Å². The molecule has 1 N–H and O–H groups in total. The molecule has 4 heteroatoms. The summed E-state index contributed by atoms with van der Waals surface area (Å²) in [6.45, 7) is 3.03. The van der Waals surface area contributed by atoms with Gasteiger partial charge in [0, 0.05) is 12.0 Å². The molecule has 1 saturated heterocycles. The smallest absolute Gasteiger partial charge is 0.0595 e. The van der Waals surface area contributed by atoms with Gasteiger partial charge < -0.3 is 10.1 Å². The van der Waals surface area contributed by atoms with Gasteiger partial charge in [0.1, 0.15) is 0 Å². The number of halogens is 2. The Morgan fingerprint density at radius 3 is 2.76 bits per heavy atom. The molecule has 114 valence electrons. The lowest BCUT2D eigenvalue weighted by Crippen LogP contribution is -2.26. The highest BCUT2D eigenvalue weighted by molar-refractivity contribution is 6.42. The maximum absolute atomic E-state index is 6.22. The van der Waals surface area contributed by atoms with Gasteiger partial charge in [-0.05, 0) is 48.9 Å². The summed E-state index contributed by atoms with van der Waals surface area (Å²) in [5.74, 6) is 1.33. The number of fused-ring (bicyclic) bond motifs is 1. The van der Waals surface area contributed by atoms with E-state index in [2.05, 4.69) is 17.4 Å². The third-order valence-corrected chi connectivity index (χ3v) is 6.49. The number of nitrogens with one attached hydrogen (secondary N) is 1. The van der Waals surface area contributed by atoms with Crippen LogP contribution >= 0.6 is 23.2 Å². The molecule has 4 rings (SSSR count). The Morgan fingerprint density at radius 2 is 2.00 bits per heavy atom. The summed E-state index contributed by atoms with van der Waals surface area (Å²) < 4.78 is 6.18. The largest absolute Gasteiger partial charge is 0.378 e. The molecule has 0 amide bonds. The fourth-order valence-electron chi connectivity index (χ4n) is 4.50. The first-order valence-corrected chi connectivity index (χ1v) is 8.75. The number of ether oxygens (including phenoxy) is 1. The predicted molar refractivity (Wildman–Crippen MR) is 86.2 cm³/mol. The van der Waals surface area contributed by atoms with Gasteiger partial charge in [0.2, 0.25) is 0 Å². The van der Waals surface area contributed by atoms with E-state index >= 15 is 0 Å². The highest BCUT2D eigenvalue weighted by atomic mass is 35.5. The molecule has 3 atom stereocenters. The van der Waals surface area contributed by atoms with E-state index in [1.54, 1.807) is 0 Å². The van der Waals surface area contributed by atoms with Crippen molar-refractivity contribution in [3.05, 3.63) is 33.8 Å². The van der Waals surface area contributed by atoms with Gasteiger partial charge in [-0.15, -0.1) is 0 Å². The van der Waals surface area contributed by atoms with E-state index in [0.29, 0.717) is 28.0 Å². The number of benzene rings is 1. The molecule has 21 heavy (non-hydrogen) atoms. The lowest BCUT2D eigenvalue weighted by Gasteiger charge is -2.18. The molecule has 1 aromatic carbocycles. The second-order valence-electron chi connectivity index (χ2n) is 6.75. The summed E-state index contributed by atoms with van der Waals surface area (Å²) in [4.78, 5) is 0. The molecule has 2 aliphatic carbocycles. The van der Waals surface area contributed by atoms with Crippen LogP contribution in [0, 0.1) is 11.8 Å². The van der Waals surface area contributed by atoms with E-state index in [0.717, 1.165) is 19.7 Å². The molecule has 2 saturated carbocycles. The van der Waals surface area contributed by atoms with Crippen LogP contribution in [0.3, 0.4) is 0 Å². The SMILES string of the molecule is Clc1ccc([C@]23CNC[C@H]2[C@@H]3COC2CCCC2)cc1Cl. The van der Waals surface area contributed by atoms with Crippen LogP contribution in [0.5, 0.6) is 0 Å². The third kappa shape index (κ3) is 2.31. The molecule has 1 aliphatic heterocycles. The zero-order chi connectivity index (χ0) is 14.4. The zero-order valence-electron chi connectivity index (χ0n) is 12.1. The van der Waals surface area contributed by atoms with Gasteiger partial charge in [0.15, 0.2) is 0 Å². The van der Waals surface area contributed by atoms with Crippen molar-refractivity contribution in [1.82, 2.24) is 5.32 Å². The van der Waals surface area contributed by atoms with Crippen LogP contribution in [-0.2, 0) is 10.2 Å². The summed E-state index contributed by atoms with van der Waals surface area (Å²) in [6.07, 6.45) is 5.66. The maximum Gasteiger partial charge on any atom is 0.0595 e. The number of hydrogen-bond acceptors (Lipinski definition) is 2. The lowest BCUT2D eigenvalue weighted by molar-refractivity contribution is 0.0445. The summed E-state index contributed by atoms with van der Waals surface area (Å²) in [5.41, 5.74) is 1.55. The van der Waals surface area contributed by atoms with Gasteiger partial charge >= 0.3 is 0 Å². The van der Waals surface area contributed by atoms with Crippen LogP contribution in [0.1, 0.15) is 31.2 Å². The first-order chi connectivity index (χ1) is 10.2. The highest BCUT2D eigenvalue weighted by Gasteiger charge is 2.67. The summed E-state index contributed by atoms with van der Waals surface area (Å²) in [5, 5.41) is 4.82. The summed E-state index contributed by atoms with van der Waals surface area (Å²) in [7, 11) is 0. The van der Waals surface area contributed by atoms with Gasteiger partial charge in [0.05, 0.1) is 22.8 Å². The number of piperidine rings is 1. The molecule has 0 spiro atoms. The number of rotatable bonds is 4. The Balaban J connectivity index is 1.50. The first-order valence-electron chi connectivity index (χ1n) is 7.99. The Kier molecular flexibility index (Phi) is 3.69. The topological polar surface area (TPSA) is 21.3 Å². The van der Waals surface area contributed by atoms with Gasteiger partial charge in [0.25, 0.3) is 0 Å². The molecule has 0 unspecified atom stereocenters. The molecule has 0 bridgehead atoms. The average Bonchev–Trinajstić information content (AvgIpc) is 2.93. The van der Waals surface area contributed by atoms with Crippen molar-refractivity contribution in [2.45, 2.75) is 37.2 Å². The minimum atomic E-state index is 0.229. The van der Waals surface area contributed by atoms with Crippen LogP contribution in [-0.4, -0.2) is 25.8 Å². The van der Waals surface area contributed by atoms with E-state index in [1.807, 2.05) is 6.07 Å². The van der Waals surface area contributed by atoms with Crippen LogP contribution < -0.4 is 5.32 Å². The van der Waals surface area contributed by atoms with E-state index in [-0.39, 0.29) is 5.41 Å². The van der Waals surface area contributed by atoms with Crippen molar-refractivity contribution in [3.63, 3.8) is 0 Å². The molecular formula is C17H21Cl2NO. The van der Waals surface area contributed by atoms with Crippen molar-refractivity contribution in [1.29, 1.82) is 0 Å². The van der Waals surface area contributed by atoms with Gasteiger partial charge in [-0.1, -0.05) is 42.1 Å². The lowest BCUT2D eigenvalue weighted by atomic mass is 9.93. The first kappa shape index (κ1) is 14.3. The van der Waals surface area contributed by atoms with Crippen LogP contribution in [0.15, 0.2) is 18.2 Å². The fourth-order valence-corrected chi connectivity index (χ4v) is 4.80. The molecule has 1 heterocycles. The number of hydrogen-bond donors (Lipinski definition) is 1. The normalized spacial score (nSPS) is 35.1. The summed E-state index contributed by atoms with van der Waals surface area (Å²) in [6, 6.07) is 6.12. The van der Waals surface area contributed by atoms with Crippen LogP contribution in [0.25, 0.3) is 0 Å². The van der Waals surface area contributed by atoms with Gasteiger partial charge in [-0.2, -0.15) is 0 Å². The molecule has 3 aliphatic rings. The highest BCUT2D eigenvalue weighted by Crippen LogP contribution is 2.62. The molecule has 0 radical (unpaired) electrons. The van der Waals surface area contributed by atoms with Crippen molar-refractivity contribution < 1.29 is 4.74 Å². The van der Waals surface area contributed by atoms with Crippen LogP contribution in [0.4, 0.5) is 0 Å². The maximum atomic E-state index is 6.22. The average molecular weight is 326 g/mol. The standard InChI is InChI=1S/C17H21Cl2NO/c18-15-6-5-11(7-16(15)19)17-10-20-8-13(17)14(17)9-21-12-3-1-2-4-12/h5-7,12-14,20H,1-4,8-10H2/t13-,14-,17+/m0/s1. The zero-order valence-corrected chi connectivity index (χ0v) is 13.6. The summed E-state index contributed by atoms with van der Waals surface area (Å²) >= 11 is 12.3. The minimum absolute atomic E-state index is 0.229. The van der Waals surface area contributed by atoms with Crippen molar-refractivity contribution in [2.75, 3.05) is 19.7 Å². The minimum Gasteiger partial charge on any atom is -0.378 e. The molecular weight excluding hydrogens is 305 g/mol. The third-order valence-electron chi connectivity index (χ3n) is 5.75. The van der Waals surface area contributed by atoms with Gasteiger partial charge in [-0.3, -0.25) is 0 Å². The van der Waals surface area contributed by atoms with E-state index in [4.69, 9.17) is 27.9 Å². The molecule has 0 aromatic heterocycles. The Hall–Kier alpha value is -0.280. The molecule has 1 aromatic rings. The Morgan fingerprint density at radius 1 is 1.19 bits per heavy atom. The second-order valence-corrected chi connectivity index (χ2v) is 7.57. The Bertz CT molecular complexity index is 544. The van der Waals surface area contributed by atoms with E-state index in [9.17, 15) is 0 Å². The van der Waals surface area contributed by atoms with E-state index in [1.165, 1.54) is 31.2 Å². The monoisotopic (exact) mass is 325 g/mol. The van der Waals surface area contributed by atoms with Crippen LogP contribution in [0.2, 0.25) is 10.0 Å². The van der Waals surface area contributed by atoms with Crippen molar-refractivity contribution >= 4 is 23.2 Å². The fraction of sp³-hybridized carbons (Fsp3) is 0.647.